The highest BCUT2D eigenvalue weighted by molar-refractivity contribution is 6.24. The summed E-state index contributed by atoms with van der Waals surface area (Å²) in [6.07, 6.45) is 8.08. The number of hydrogen-bond donors (Lipinski definition) is 0. The van der Waals surface area contributed by atoms with Crippen LogP contribution in [-0.4, -0.2) is 9.97 Å². The molecule has 0 bridgehead atoms. The monoisotopic (exact) mass is 254 g/mol. The number of fused-ring (bicyclic) bond motifs is 4. The molecule has 0 saturated heterocycles. The summed E-state index contributed by atoms with van der Waals surface area (Å²) in [6, 6.07) is 12.6. The average Bonchev–Trinajstić information content (AvgIpc) is 2.90. The highest BCUT2D eigenvalue weighted by Gasteiger charge is 2.16. The molecule has 1 aliphatic rings. The van der Waals surface area contributed by atoms with Crippen molar-refractivity contribution in [2.45, 2.75) is 0 Å². The van der Waals surface area contributed by atoms with Crippen LogP contribution in [0.4, 0.5) is 0 Å². The van der Waals surface area contributed by atoms with Crippen LogP contribution in [0.1, 0.15) is 11.1 Å². The fourth-order valence-corrected chi connectivity index (χ4v) is 3.21. The van der Waals surface area contributed by atoms with Crippen molar-refractivity contribution in [2.75, 3.05) is 0 Å². The van der Waals surface area contributed by atoms with E-state index >= 15 is 0 Å². The van der Waals surface area contributed by atoms with Crippen LogP contribution in [0.3, 0.4) is 0 Å². The van der Waals surface area contributed by atoms with Crippen molar-refractivity contribution in [1.29, 1.82) is 0 Å². The molecule has 2 nitrogen and oxygen atoms in total. The Morgan fingerprint density at radius 1 is 0.650 bits per heavy atom. The van der Waals surface area contributed by atoms with E-state index in [4.69, 9.17) is 0 Å². The zero-order chi connectivity index (χ0) is 13.1. The maximum Gasteiger partial charge on any atom is 0.0802 e. The van der Waals surface area contributed by atoms with E-state index in [0.717, 1.165) is 11.0 Å². The molecular weight excluding hydrogens is 244 g/mol. The summed E-state index contributed by atoms with van der Waals surface area (Å²) >= 11 is 0. The number of hydrogen-bond acceptors (Lipinski definition) is 2. The molecule has 2 aromatic carbocycles. The molecule has 0 atom stereocenters. The topological polar surface area (TPSA) is 25.8 Å². The molecule has 1 aliphatic carbocycles. The minimum atomic E-state index is 1.04. The Bertz CT molecular complexity index is 965. The number of aromatic nitrogens is 2. The quantitative estimate of drug-likeness (QED) is 0.382. The number of pyridine rings is 2. The first kappa shape index (κ1) is 10.1. The molecule has 4 aromatic rings. The number of rotatable bonds is 0. The van der Waals surface area contributed by atoms with E-state index < -0.39 is 0 Å². The summed E-state index contributed by atoms with van der Waals surface area (Å²) in [5.41, 5.74) is 4.62. The normalized spacial score (nSPS) is 12.8. The first-order chi connectivity index (χ1) is 9.92. The third-order valence-corrected chi connectivity index (χ3v) is 4.04. The van der Waals surface area contributed by atoms with Crippen molar-refractivity contribution >= 4 is 44.7 Å². The van der Waals surface area contributed by atoms with Gasteiger partial charge in [0, 0.05) is 33.9 Å². The molecule has 5 rings (SSSR count). The van der Waals surface area contributed by atoms with Crippen LogP contribution < -0.4 is 0 Å². The molecular formula is C18H10N2. The van der Waals surface area contributed by atoms with E-state index in [0.29, 0.717) is 0 Å². The molecule has 2 heteroatoms. The summed E-state index contributed by atoms with van der Waals surface area (Å²) in [4.78, 5) is 9.20. The van der Waals surface area contributed by atoms with E-state index in [1.807, 2.05) is 24.5 Å². The van der Waals surface area contributed by atoms with Gasteiger partial charge in [-0.3, -0.25) is 9.97 Å². The second-order valence-electron chi connectivity index (χ2n) is 5.17. The van der Waals surface area contributed by atoms with Crippen LogP contribution in [0.5, 0.6) is 0 Å². The molecule has 0 unspecified atom stereocenters. The van der Waals surface area contributed by atoms with E-state index in [9.17, 15) is 0 Å². The molecule has 2 heterocycles. The standard InChI is InChI=1S/C18H10N2/c1-3-13-9-11-5-6-12-10-14-4-2-8-20-18(14)16(15(11)12)17(13)19-7-1/h1-10H. The largest absolute Gasteiger partial charge is 0.256 e. The Kier molecular flexibility index (Phi) is 1.73. The minimum absolute atomic E-state index is 1.04. The van der Waals surface area contributed by atoms with E-state index in [1.165, 1.54) is 32.7 Å². The Labute approximate surface area is 115 Å². The van der Waals surface area contributed by atoms with Crippen LogP contribution in [0.15, 0.2) is 48.8 Å². The van der Waals surface area contributed by atoms with Gasteiger partial charge in [0.05, 0.1) is 11.0 Å². The van der Waals surface area contributed by atoms with Crippen LogP contribution in [0, 0.1) is 0 Å². The van der Waals surface area contributed by atoms with E-state index in [1.54, 1.807) is 0 Å². The Morgan fingerprint density at radius 3 is 1.75 bits per heavy atom. The molecule has 0 amide bonds. The summed E-state index contributed by atoms with van der Waals surface area (Å²) in [7, 11) is 0. The van der Waals surface area contributed by atoms with Crippen molar-refractivity contribution in [1.82, 2.24) is 9.97 Å². The lowest BCUT2D eigenvalue weighted by molar-refractivity contribution is 1.41. The Morgan fingerprint density at radius 2 is 1.20 bits per heavy atom. The second kappa shape index (κ2) is 3.42. The summed E-state index contributed by atoms with van der Waals surface area (Å²) in [6.45, 7) is 0. The van der Waals surface area contributed by atoms with Gasteiger partial charge in [0.1, 0.15) is 0 Å². The predicted molar refractivity (Wildman–Crippen MR) is 83.5 cm³/mol. The van der Waals surface area contributed by atoms with Crippen molar-refractivity contribution in [3.05, 3.63) is 59.9 Å². The molecule has 0 aliphatic heterocycles. The fraction of sp³-hybridized carbons (Fsp3) is 0. The maximum absolute atomic E-state index is 4.60. The third-order valence-electron chi connectivity index (χ3n) is 4.04. The Balaban J connectivity index is 2.22. The Hall–Kier alpha value is -2.74. The van der Waals surface area contributed by atoms with Crippen LogP contribution >= 0.6 is 0 Å². The maximum atomic E-state index is 4.60. The molecule has 92 valence electrons. The zero-order valence-corrected chi connectivity index (χ0v) is 10.7. The zero-order valence-electron chi connectivity index (χ0n) is 10.7. The van der Waals surface area contributed by atoms with E-state index in [2.05, 4.69) is 46.4 Å². The first-order valence-electron chi connectivity index (χ1n) is 6.69. The number of benzene rings is 2. The fourth-order valence-electron chi connectivity index (χ4n) is 3.21. The van der Waals surface area contributed by atoms with Gasteiger partial charge >= 0.3 is 0 Å². The van der Waals surface area contributed by atoms with Crippen molar-refractivity contribution in [2.24, 2.45) is 0 Å². The lowest BCUT2D eigenvalue weighted by Crippen LogP contribution is -1.89. The third kappa shape index (κ3) is 1.14. The molecule has 0 N–H and O–H groups in total. The van der Waals surface area contributed by atoms with Crippen molar-refractivity contribution in [3.8, 4) is 0 Å². The summed E-state index contributed by atoms with van der Waals surface area (Å²) in [5, 5.41) is 4.80. The van der Waals surface area contributed by atoms with Gasteiger partial charge in [0.25, 0.3) is 0 Å². The van der Waals surface area contributed by atoms with Crippen LogP contribution in [0.25, 0.3) is 44.7 Å². The van der Waals surface area contributed by atoms with Gasteiger partial charge in [-0.1, -0.05) is 24.3 Å². The molecule has 2 aromatic heterocycles. The predicted octanol–water partition coefficient (Wildman–Crippen LogP) is 4.42. The molecule has 0 spiro atoms. The van der Waals surface area contributed by atoms with E-state index in [-0.39, 0.29) is 0 Å². The lowest BCUT2D eigenvalue weighted by Gasteiger charge is -2.09. The SMILES string of the molecule is C1=Cc2cc3cccnc3c3c2c1cc1cccnc13. The molecule has 0 radical (unpaired) electrons. The smallest absolute Gasteiger partial charge is 0.0802 e. The van der Waals surface area contributed by atoms with Gasteiger partial charge in [0.2, 0.25) is 0 Å². The summed E-state index contributed by atoms with van der Waals surface area (Å²) < 4.78 is 0. The van der Waals surface area contributed by atoms with Crippen molar-refractivity contribution < 1.29 is 0 Å². The lowest BCUT2D eigenvalue weighted by atomic mass is 9.97. The highest BCUT2D eigenvalue weighted by atomic mass is 14.7. The van der Waals surface area contributed by atoms with Gasteiger partial charge < -0.3 is 0 Å². The highest BCUT2D eigenvalue weighted by Crippen LogP contribution is 2.39. The molecule has 20 heavy (non-hydrogen) atoms. The van der Waals surface area contributed by atoms with Crippen LogP contribution in [0.2, 0.25) is 0 Å². The number of nitrogens with zero attached hydrogens (tertiary/aromatic N) is 2. The second-order valence-corrected chi connectivity index (χ2v) is 5.17. The first-order valence-corrected chi connectivity index (χ1v) is 6.69. The molecule has 0 saturated carbocycles. The van der Waals surface area contributed by atoms with Gasteiger partial charge in [-0.15, -0.1) is 0 Å². The van der Waals surface area contributed by atoms with Gasteiger partial charge in [-0.2, -0.15) is 0 Å². The van der Waals surface area contributed by atoms with Crippen LogP contribution in [-0.2, 0) is 0 Å². The van der Waals surface area contributed by atoms with Gasteiger partial charge in [-0.25, -0.2) is 0 Å². The summed E-state index contributed by atoms with van der Waals surface area (Å²) in [5.74, 6) is 0. The minimum Gasteiger partial charge on any atom is -0.256 e. The average molecular weight is 254 g/mol. The van der Waals surface area contributed by atoms with Gasteiger partial charge in [-0.05, 0) is 35.4 Å². The molecule has 0 fully saturated rings. The van der Waals surface area contributed by atoms with Crippen molar-refractivity contribution in [3.63, 3.8) is 0 Å². The van der Waals surface area contributed by atoms with Gasteiger partial charge in [0.15, 0.2) is 0 Å².